The molecule has 2 aliphatic heterocycles. The van der Waals surface area contributed by atoms with Gasteiger partial charge in [0.15, 0.2) is 5.71 Å². The van der Waals surface area contributed by atoms with E-state index in [1.807, 2.05) is 12.2 Å². The number of aryl methyl sites for hydroxylation is 2. The summed E-state index contributed by atoms with van der Waals surface area (Å²) in [5.41, 5.74) is 11.3. The lowest BCUT2D eigenvalue weighted by atomic mass is 9.77. The monoisotopic (exact) mass is 802 g/mol. The van der Waals surface area contributed by atoms with E-state index in [0.29, 0.717) is 29.9 Å². The number of hydrogen-bond acceptors (Lipinski definition) is 8. The van der Waals surface area contributed by atoms with Crippen molar-refractivity contribution in [3.8, 4) is 0 Å². The Morgan fingerprint density at radius 2 is 1.67 bits per heavy atom. The number of amides is 1. The van der Waals surface area contributed by atoms with Crippen molar-refractivity contribution in [2.75, 3.05) is 30.3 Å². The van der Waals surface area contributed by atoms with Crippen molar-refractivity contribution >= 4 is 63.3 Å². The van der Waals surface area contributed by atoms with Crippen LogP contribution in [-0.4, -0.2) is 61.2 Å². The average Bonchev–Trinajstić information content (AvgIpc) is 3.84. The van der Waals surface area contributed by atoms with Crippen LogP contribution in [-0.2, 0) is 33.3 Å². The molecular weight excluding hydrogens is 747 g/mol. The Morgan fingerprint density at radius 3 is 2.40 bits per heavy atom. The number of aromatic nitrogens is 2. The smallest absolute Gasteiger partial charge is 0.220 e. The minimum Gasteiger partial charge on any atom is -0.506 e. The van der Waals surface area contributed by atoms with E-state index in [0.717, 1.165) is 79.7 Å². The van der Waals surface area contributed by atoms with E-state index in [1.165, 1.54) is 44.6 Å². The fourth-order valence-corrected chi connectivity index (χ4v) is 10.5. The number of aliphatic hydroxyl groups excluding tert-OH is 1. The Hall–Kier alpha value is -4.54. The van der Waals surface area contributed by atoms with Gasteiger partial charge in [-0.3, -0.25) is 9.59 Å². The molecule has 0 bridgehead atoms. The van der Waals surface area contributed by atoms with Gasteiger partial charge < -0.3 is 15.3 Å². The number of unbranched alkanes of at least 4 members (excludes halogenated alkanes) is 2. The molecule has 4 aromatic rings. The minimum atomic E-state index is -0.369. The van der Waals surface area contributed by atoms with Crippen LogP contribution < -0.4 is 10.2 Å². The number of carbonyl (C=O) groups excluding carboxylic acids is 2. The number of allylic oxidation sites excluding steroid dienone is 5. The summed E-state index contributed by atoms with van der Waals surface area (Å²) < 4.78 is 11.4. The Kier molecular flexibility index (Phi) is 11.9. The number of thioether (sulfide) groups is 1. The number of anilines is 1. The molecule has 298 valence electrons. The first-order valence-corrected chi connectivity index (χ1v) is 22.4. The number of benzene rings is 3. The number of nitrogens with one attached hydrogen (secondary N) is 1. The van der Waals surface area contributed by atoms with Crippen molar-refractivity contribution in [1.29, 1.82) is 0 Å². The third kappa shape index (κ3) is 7.51. The maximum Gasteiger partial charge on any atom is 0.220 e. The van der Waals surface area contributed by atoms with E-state index < -0.39 is 0 Å². The summed E-state index contributed by atoms with van der Waals surface area (Å²) >= 11 is 3.00. The van der Waals surface area contributed by atoms with Gasteiger partial charge in [0.25, 0.3) is 0 Å². The number of aliphatic hydroxyl groups is 1. The molecule has 2 N–H and O–H groups in total. The van der Waals surface area contributed by atoms with E-state index in [4.69, 9.17) is 0 Å². The number of carbonyl (C=O) groups is 2. The summed E-state index contributed by atoms with van der Waals surface area (Å²) in [4.78, 5) is 30.4. The van der Waals surface area contributed by atoms with Gasteiger partial charge in [-0.05, 0) is 74.4 Å². The quantitative estimate of drug-likeness (QED) is 0.0504. The van der Waals surface area contributed by atoms with Crippen LogP contribution in [0.1, 0.15) is 103 Å². The largest absolute Gasteiger partial charge is 0.506 e. The molecule has 0 fully saturated rings. The number of fused-ring (bicyclic) bond motifs is 3. The molecule has 10 heteroatoms. The lowest BCUT2D eigenvalue weighted by Gasteiger charge is -2.29. The van der Waals surface area contributed by atoms with Crippen LogP contribution in [0.25, 0.3) is 11.0 Å². The van der Waals surface area contributed by atoms with Crippen molar-refractivity contribution in [3.05, 3.63) is 112 Å². The highest BCUT2D eigenvalue weighted by atomic mass is 32.2. The molecule has 3 aromatic carbocycles. The van der Waals surface area contributed by atoms with Crippen molar-refractivity contribution in [2.45, 2.75) is 109 Å². The lowest BCUT2D eigenvalue weighted by Crippen LogP contribution is -2.32. The number of ketones is 1. The molecule has 0 spiro atoms. The second-order valence-electron chi connectivity index (χ2n) is 16.3. The van der Waals surface area contributed by atoms with Crippen molar-refractivity contribution < 1.29 is 19.3 Å². The third-order valence-corrected chi connectivity index (χ3v) is 13.6. The molecule has 0 radical (unpaired) electrons. The summed E-state index contributed by atoms with van der Waals surface area (Å²) in [6.45, 7) is 17.4. The zero-order valence-corrected chi connectivity index (χ0v) is 36.1. The van der Waals surface area contributed by atoms with Gasteiger partial charge in [-0.15, -0.1) is 11.8 Å². The Bertz CT molecular complexity index is 2350. The van der Waals surface area contributed by atoms with Crippen LogP contribution in [0, 0.1) is 0 Å². The van der Waals surface area contributed by atoms with Gasteiger partial charge in [-0.2, -0.15) is 13.3 Å². The highest BCUT2D eigenvalue weighted by molar-refractivity contribution is 7.99. The molecule has 0 unspecified atom stereocenters. The summed E-state index contributed by atoms with van der Waals surface area (Å²) in [5, 5.41) is 14.7. The molecule has 1 aromatic heterocycles. The van der Waals surface area contributed by atoms with Gasteiger partial charge in [0.1, 0.15) is 23.3 Å². The van der Waals surface area contributed by atoms with Gasteiger partial charge in [-0.1, -0.05) is 77.4 Å². The topological polar surface area (TPSA) is 98.4 Å². The lowest BCUT2D eigenvalue weighted by molar-refractivity contribution is -0.438. The summed E-state index contributed by atoms with van der Waals surface area (Å²) in [6, 6.07) is 19.1. The number of para-hydroxylation sites is 2. The highest BCUT2D eigenvalue weighted by Crippen LogP contribution is 2.49. The number of nitrogens with zero attached hydrogens (tertiary/aromatic N) is 4. The van der Waals surface area contributed by atoms with Crippen molar-refractivity contribution in [1.82, 2.24) is 14.1 Å². The van der Waals surface area contributed by atoms with Gasteiger partial charge in [0.05, 0.1) is 28.3 Å². The van der Waals surface area contributed by atoms with Gasteiger partial charge in [0.2, 0.25) is 17.4 Å². The summed E-state index contributed by atoms with van der Waals surface area (Å²) in [5.74, 6) is 0.707. The summed E-state index contributed by atoms with van der Waals surface area (Å²) in [7, 11) is 0. The molecule has 0 atom stereocenters. The van der Waals surface area contributed by atoms with E-state index in [2.05, 4.69) is 127 Å². The molecule has 1 amide bonds. The standard InChI is InChI=1S/C47H55N5O3S2/c1-8-11-24-51-36-20-14-12-18-34(36)46(4,5)39(51)28-32-44(54)33(45(32)55)29-40-47(6,7)35-19-13-15-21-37(35)52(40)25-17-16-23-48-41(53)22-26-56-38-27-30(9-2)42-43(31(38)10-3)50-57-49-42/h12-15,18-21,27-29H,8-11,16-17,22-26H2,1-7H3,(H-,48,53,54,55)/p+1. The van der Waals surface area contributed by atoms with Crippen molar-refractivity contribution in [3.63, 3.8) is 0 Å². The van der Waals surface area contributed by atoms with Crippen LogP contribution in [0.2, 0.25) is 0 Å². The minimum absolute atomic E-state index is 0.0622. The van der Waals surface area contributed by atoms with E-state index in [9.17, 15) is 14.7 Å². The Balaban J connectivity index is 1.03. The molecule has 0 saturated carbocycles. The predicted molar refractivity (Wildman–Crippen MR) is 236 cm³/mol. The predicted octanol–water partition coefficient (Wildman–Crippen LogP) is 10.1. The van der Waals surface area contributed by atoms with Gasteiger partial charge >= 0.3 is 0 Å². The first-order chi connectivity index (χ1) is 27.4. The van der Waals surface area contributed by atoms with Crippen LogP contribution in [0.3, 0.4) is 0 Å². The molecule has 0 saturated heterocycles. The van der Waals surface area contributed by atoms with Gasteiger partial charge in [-0.25, -0.2) is 0 Å². The number of Topliss-reactive ketones (excluding diaryl/α,β-unsaturated/α-hetero) is 1. The maximum atomic E-state index is 13.9. The second kappa shape index (κ2) is 16.7. The molecule has 57 heavy (non-hydrogen) atoms. The number of rotatable bonds is 16. The molecule has 1 aliphatic carbocycles. The molecule has 8 nitrogen and oxygen atoms in total. The molecular formula is C47H56N5O3S2+. The van der Waals surface area contributed by atoms with Crippen LogP contribution >= 0.6 is 23.5 Å². The summed E-state index contributed by atoms with van der Waals surface area (Å²) in [6.07, 6.45) is 9.86. The first-order valence-electron chi connectivity index (χ1n) is 20.6. The Labute approximate surface area is 346 Å². The van der Waals surface area contributed by atoms with Crippen LogP contribution in [0.15, 0.2) is 94.2 Å². The van der Waals surface area contributed by atoms with Crippen LogP contribution in [0.4, 0.5) is 11.4 Å². The van der Waals surface area contributed by atoms with Crippen molar-refractivity contribution in [2.24, 2.45) is 0 Å². The fraction of sp³-hybridized carbons (Fsp3) is 0.426. The Morgan fingerprint density at radius 1 is 0.930 bits per heavy atom. The third-order valence-electron chi connectivity index (χ3n) is 12.0. The highest BCUT2D eigenvalue weighted by Gasteiger charge is 2.47. The zero-order chi connectivity index (χ0) is 40.5. The zero-order valence-electron chi connectivity index (χ0n) is 34.5. The molecule has 7 rings (SSSR count). The van der Waals surface area contributed by atoms with E-state index in [1.54, 1.807) is 11.8 Å². The average molecular weight is 803 g/mol. The molecule has 3 aliphatic rings. The van der Waals surface area contributed by atoms with Crippen LogP contribution in [0.5, 0.6) is 0 Å². The second-order valence-corrected chi connectivity index (χ2v) is 18.0. The normalized spacial score (nSPS) is 18.2. The fourth-order valence-electron chi connectivity index (χ4n) is 8.72. The maximum absolute atomic E-state index is 13.9. The van der Waals surface area contributed by atoms with E-state index in [-0.39, 0.29) is 28.3 Å². The SMILES string of the molecule is CCCCN1/C(=C/C2=C(O)C(=C\C3=[N+](CCCCNC(=O)CCSc4cc(CC)c5nsnc5c4CC)c4ccccc4C3(C)C)/C2=O)C(C)(C)c2ccccc21. The number of hydrogen-bond donors (Lipinski definition) is 2. The van der Waals surface area contributed by atoms with Gasteiger partial charge in [0, 0.05) is 71.1 Å². The first kappa shape index (κ1) is 40.6. The van der Waals surface area contributed by atoms with E-state index >= 15 is 0 Å². The molecule has 3 heterocycles.